The van der Waals surface area contributed by atoms with Crippen LogP contribution in [0.1, 0.15) is 16.7 Å². The molecule has 2 rings (SSSR count). The van der Waals surface area contributed by atoms with Gasteiger partial charge in [-0.2, -0.15) is 5.10 Å². The zero-order valence-corrected chi connectivity index (χ0v) is 17.6. The Bertz CT molecular complexity index is 854. The van der Waals surface area contributed by atoms with Crippen LogP contribution < -0.4 is 14.9 Å². The van der Waals surface area contributed by atoms with E-state index < -0.39 is 0 Å². The van der Waals surface area contributed by atoms with Crippen LogP contribution in [-0.2, 0) is 4.79 Å². The Labute approximate surface area is 168 Å². The number of ether oxygens (including phenoxy) is 2. The Kier molecular flexibility index (Phi) is 7.05. The quantitative estimate of drug-likeness (QED) is 0.477. The third kappa shape index (κ3) is 4.76. The van der Waals surface area contributed by atoms with E-state index in [1.54, 1.807) is 6.07 Å². The number of halogens is 2. The van der Waals surface area contributed by atoms with Gasteiger partial charge >= 0.3 is 0 Å². The first-order valence-corrected chi connectivity index (χ1v) is 9.19. The highest BCUT2D eigenvalue weighted by Crippen LogP contribution is 2.41. The molecule has 2 N–H and O–H groups in total. The minimum absolute atomic E-state index is 0.0255. The van der Waals surface area contributed by atoms with Gasteiger partial charge in [-0.1, -0.05) is 12.1 Å². The molecule has 26 heavy (non-hydrogen) atoms. The van der Waals surface area contributed by atoms with Crippen molar-refractivity contribution in [1.82, 2.24) is 5.43 Å². The number of carbonyl (C=O) groups is 1. The summed E-state index contributed by atoms with van der Waals surface area (Å²) in [5, 5.41) is 13.8. The monoisotopic (exact) mass is 484 g/mol. The maximum absolute atomic E-state index is 11.9. The van der Waals surface area contributed by atoms with E-state index in [0.29, 0.717) is 20.3 Å². The van der Waals surface area contributed by atoms with Crippen LogP contribution in [0.4, 0.5) is 0 Å². The number of hydrogen-bond acceptors (Lipinski definition) is 5. The number of nitrogens with one attached hydrogen (secondary N) is 1. The van der Waals surface area contributed by atoms with Crippen molar-refractivity contribution in [1.29, 1.82) is 0 Å². The number of aryl methyl sites for hydroxylation is 1. The van der Waals surface area contributed by atoms with Crippen LogP contribution in [0.3, 0.4) is 0 Å². The average molecular weight is 486 g/mol. The first-order valence-electron chi connectivity index (χ1n) is 7.61. The third-order valence-electron chi connectivity index (χ3n) is 3.70. The van der Waals surface area contributed by atoms with Crippen molar-refractivity contribution in [2.75, 3.05) is 13.7 Å². The number of phenols is 1. The van der Waals surface area contributed by atoms with E-state index in [4.69, 9.17) is 9.47 Å². The van der Waals surface area contributed by atoms with Crippen molar-refractivity contribution in [3.8, 4) is 17.2 Å². The molecular weight excluding hydrogens is 468 g/mol. The van der Waals surface area contributed by atoms with E-state index in [1.807, 2.05) is 32.0 Å². The van der Waals surface area contributed by atoms with Gasteiger partial charge in [0.25, 0.3) is 5.91 Å². The topological polar surface area (TPSA) is 80.2 Å². The molecule has 0 saturated carbocycles. The van der Waals surface area contributed by atoms with E-state index in [9.17, 15) is 9.90 Å². The molecule has 0 bridgehead atoms. The maximum Gasteiger partial charge on any atom is 0.277 e. The van der Waals surface area contributed by atoms with Gasteiger partial charge < -0.3 is 14.6 Å². The lowest BCUT2D eigenvalue weighted by atomic mass is 10.1. The van der Waals surface area contributed by atoms with Crippen molar-refractivity contribution in [2.24, 2.45) is 5.10 Å². The standard InChI is InChI=1S/C18H18Br2N2O4/c1-10-5-4-6-13(11(10)2)26-9-15(23)22-21-8-12-7-14(25-3)18(24)17(20)16(12)19/h4-8,24H,9H2,1-3H3,(H,22,23)/b21-8+. The molecular formula is C18H18Br2N2O4. The van der Waals surface area contributed by atoms with Crippen LogP contribution in [0.25, 0.3) is 0 Å². The highest BCUT2D eigenvalue weighted by molar-refractivity contribution is 9.13. The molecule has 2 aromatic carbocycles. The molecule has 0 aliphatic heterocycles. The predicted molar refractivity (Wildman–Crippen MR) is 107 cm³/mol. The lowest BCUT2D eigenvalue weighted by Gasteiger charge is -2.10. The van der Waals surface area contributed by atoms with Crippen LogP contribution in [0.2, 0.25) is 0 Å². The number of carbonyl (C=O) groups excluding carboxylic acids is 1. The molecule has 138 valence electrons. The van der Waals surface area contributed by atoms with Gasteiger partial charge in [0.05, 0.1) is 17.8 Å². The lowest BCUT2D eigenvalue weighted by Crippen LogP contribution is -2.24. The smallest absolute Gasteiger partial charge is 0.277 e. The van der Waals surface area contributed by atoms with Crippen molar-refractivity contribution in [2.45, 2.75) is 13.8 Å². The normalized spacial score (nSPS) is 10.8. The maximum atomic E-state index is 11.9. The summed E-state index contributed by atoms with van der Waals surface area (Å²) < 4.78 is 11.6. The molecule has 2 aromatic rings. The minimum atomic E-state index is -0.386. The second kappa shape index (κ2) is 9.05. The van der Waals surface area contributed by atoms with Gasteiger partial charge in [0.1, 0.15) is 5.75 Å². The largest absolute Gasteiger partial charge is 0.503 e. The van der Waals surface area contributed by atoms with E-state index in [-0.39, 0.29) is 24.0 Å². The summed E-state index contributed by atoms with van der Waals surface area (Å²) in [6.45, 7) is 3.77. The molecule has 6 nitrogen and oxygen atoms in total. The molecule has 0 spiro atoms. The molecule has 0 atom stereocenters. The fourth-order valence-corrected chi connectivity index (χ4v) is 2.92. The molecule has 1 amide bonds. The molecule has 0 heterocycles. The fraction of sp³-hybridized carbons (Fsp3) is 0.222. The first kappa shape index (κ1) is 20.3. The van der Waals surface area contributed by atoms with Gasteiger partial charge in [-0.15, -0.1) is 0 Å². The summed E-state index contributed by atoms with van der Waals surface area (Å²) in [4.78, 5) is 11.9. The van der Waals surface area contributed by atoms with Crippen molar-refractivity contribution in [3.05, 3.63) is 49.9 Å². The SMILES string of the molecule is COc1cc(/C=N/NC(=O)COc2cccc(C)c2C)c(Br)c(Br)c1O. The van der Waals surface area contributed by atoms with Crippen LogP contribution in [0.5, 0.6) is 17.2 Å². The van der Waals surface area contributed by atoms with Gasteiger partial charge in [-0.05, 0) is 69.0 Å². The van der Waals surface area contributed by atoms with Crippen LogP contribution in [0, 0.1) is 13.8 Å². The van der Waals surface area contributed by atoms with Gasteiger partial charge in [0, 0.05) is 10.0 Å². The zero-order valence-electron chi connectivity index (χ0n) is 14.5. The fourth-order valence-electron chi connectivity index (χ4n) is 2.09. The summed E-state index contributed by atoms with van der Waals surface area (Å²) >= 11 is 6.61. The number of hydrazone groups is 1. The average Bonchev–Trinajstić information content (AvgIpc) is 2.63. The van der Waals surface area contributed by atoms with Crippen LogP contribution in [0.15, 0.2) is 38.3 Å². The third-order valence-corrected chi connectivity index (χ3v) is 5.86. The van der Waals surface area contributed by atoms with Crippen LogP contribution in [-0.4, -0.2) is 30.9 Å². The number of hydrogen-bond donors (Lipinski definition) is 2. The van der Waals surface area contributed by atoms with Gasteiger partial charge in [0.2, 0.25) is 0 Å². The zero-order chi connectivity index (χ0) is 19.3. The Morgan fingerprint density at radius 2 is 2.00 bits per heavy atom. The van der Waals surface area contributed by atoms with Gasteiger partial charge in [0.15, 0.2) is 18.1 Å². The number of benzene rings is 2. The van der Waals surface area contributed by atoms with Gasteiger partial charge in [-0.3, -0.25) is 4.79 Å². The lowest BCUT2D eigenvalue weighted by molar-refractivity contribution is -0.123. The van der Waals surface area contributed by atoms with E-state index >= 15 is 0 Å². The summed E-state index contributed by atoms with van der Waals surface area (Å²) in [6.07, 6.45) is 1.44. The highest BCUT2D eigenvalue weighted by atomic mass is 79.9. The van der Waals surface area contributed by atoms with E-state index in [2.05, 4.69) is 42.4 Å². The van der Waals surface area contributed by atoms with E-state index in [1.165, 1.54) is 13.3 Å². The molecule has 0 aromatic heterocycles. The summed E-state index contributed by atoms with van der Waals surface area (Å²) in [7, 11) is 1.45. The summed E-state index contributed by atoms with van der Waals surface area (Å²) in [5.41, 5.74) is 5.10. The second-order valence-electron chi connectivity index (χ2n) is 5.42. The van der Waals surface area contributed by atoms with Crippen LogP contribution >= 0.6 is 31.9 Å². The molecule has 0 aliphatic carbocycles. The number of nitrogens with zero attached hydrogens (tertiary/aromatic N) is 1. The minimum Gasteiger partial charge on any atom is -0.503 e. The summed E-state index contributed by atoms with van der Waals surface area (Å²) in [6, 6.07) is 7.26. The Morgan fingerprint density at radius 3 is 2.69 bits per heavy atom. The number of rotatable bonds is 6. The molecule has 0 saturated heterocycles. The Balaban J connectivity index is 1.99. The predicted octanol–water partition coefficient (Wildman–Crippen LogP) is 4.07. The first-order chi connectivity index (χ1) is 12.3. The summed E-state index contributed by atoms with van der Waals surface area (Å²) in [5.74, 6) is 0.538. The molecule has 8 heteroatoms. The second-order valence-corrected chi connectivity index (χ2v) is 7.01. The van der Waals surface area contributed by atoms with Crippen molar-refractivity contribution >= 4 is 44.0 Å². The Hall–Kier alpha value is -2.06. The number of methoxy groups -OCH3 is 1. The molecule has 0 fully saturated rings. The Morgan fingerprint density at radius 1 is 1.27 bits per heavy atom. The number of amides is 1. The molecule has 0 radical (unpaired) electrons. The van der Waals surface area contributed by atoms with Crippen molar-refractivity contribution in [3.63, 3.8) is 0 Å². The molecule has 0 unspecified atom stereocenters. The number of aromatic hydroxyl groups is 1. The number of phenolic OH excluding ortho intramolecular Hbond substituents is 1. The van der Waals surface area contributed by atoms with Gasteiger partial charge in [-0.25, -0.2) is 5.43 Å². The van der Waals surface area contributed by atoms with E-state index in [0.717, 1.165) is 11.1 Å². The van der Waals surface area contributed by atoms with Crippen molar-refractivity contribution < 1.29 is 19.4 Å². The molecule has 0 aliphatic rings. The highest BCUT2D eigenvalue weighted by Gasteiger charge is 2.14.